The normalized spacial score (nSPS) is 10.4. The maximum atomic E-state index is 13.3. The number of esters is 5. The highest BCUT2D eigenvalue weighted by atomic mass is 19.2. The molecule has 386 valence electrons. The number of ether oxygens (including phenoxy) is 5. The predicted octanol–water partition coefficient (Wildman–Crippen LogP) is 6.13. The second-order valence-electron chi connectivity index (χ2n) is 14.7. The lowest BCUT2D eigenvalue weighted by molar-refractivity contribution is 0.0585. The molecule has 1 unspecified atom stereocenters. The first-order valence-electron chi connectivity index (χ1n) is 21.7. The second kappa shape index (κ2) is 33.4. The Kier molecular flexibility index (Phi) is 29.2. The fourth-order valence-corrected chi connectivity index (χ4v) is 5.90. The molecule has 0 saturated heterocycles. The van der Waals surface area contributed by atoms with Gasteiger partial charge in [0.05, 0.1) is 63.4 Å². The number of hydrogen-bond donors (Lipinski definition) is 5. The Bertz CT molecular complexity index is 2510. The minimum Gasteiger partial charge on any atom is -0.465 e. The van der Waals surface area contributed by atoms with Crippen LogP contribution >= 0.6 is 0 Å². The summed E-state index contributed by atoms with van der Waals surface area (Å²) in [5.74, 6) is -6.59. The van der Waals surface area contributed by atoms with Crippen molar-refractivity contribution in [1.82, 2.24) is 0 Å². The quantitative estimate of drug-likeness (QED) is 0.0449. The van der Waals surface area contributed by atoms with Gasteiger partial charge in [-0.15, -0.1) is 0 Å². The van der Waals surface area contributed by atoms with Crippen molar-refractivity contribution in [2.24, 2.45) is 28.7 Å². The van der Waals surface area contributed by atoms with Gasteiger partial charge >= 0.3 is 29.8 Å². The van der Waals surface area contributed by atoms with Crippen molar-refractivity contribution in [3.63, 3.8) is 0 Å². The molecule has 0 radical (unpaired) electrons. The third kappa shape index (κ3) is 20.4. The zero-order valence-corrected chi connectivity index (χ0v) is 40.5. The Morgan fingerprint density at radius 3 is 1.41 bits per heavy atom. The van der Waals surface area contributed by atoms with Gasteiger partial charge in [0.2, 0.25) is 0 Å². The summed E-state index contributed by atoms with van der Waals surface area (Å²) >= 11 is 0. The van der Waals surface area contributed by atoms with Gasteiger partial charge in [0.25, 0.3) is 0 Å². The highest BCUT2D eigenvalue weighted by molar-refractivity contribution is 5.91. The molecular formula is C51H62F5N5O10. The zero-order chi connectivity index (χ0) is 53.6. The smallest absolute Gasteiger partial charge is 0.340 e. The molecule has 0 spiro atoms. The molecule has 1 atom stereocenters. The van der Waals surface area contributed by atoms with Crippen LogP contribution < -0.4 is 28.7 Å². The van der Waals surface area contributed by atoms with Gasteiger partial charge < -0.3 is 52.4 Å². The third-order valence-electron chi connectivity index (χ3n) is 9.84. The molecule has 0 aromatic heterocycles. The Morgan fingerprint density at radius 1 is 0.437 bits per heavy atom. The molecule has 15 nitrogen and oxygen atoms in total. The molecule has 0 fully saturated rings. The zero-order valence-electron chi connectivity index (χ0n) is 40.5. The highest BCUT2D eigenvalue weighted by Crippen LogP contribution is 2.19. The molecule has 5 aromatic rings. The standard InChI is InChI=1S/C11H15NO2.C10H11F2NO2.3C10H12FNO2/c1-8(7-12)9-4-3-5-10(6-9)11(13)14-2;1-15-10(14)7-3-2-6(4-5-13)8(11)9(7)12;1-14-10(13)8-3-2-7(4-5-12)9(11)6-8;1-14-10(13)8-6-7(4-5-12)2-3-9(8)11;1-14-10(13)8-3-2-7(4-5-12)6-9(8)11/h3-6,8H,7,12H2,1-2H3;2-3H,4-5,13H2,1H3;3*2-3,6H,4-5,12H2,1H3. The van der Waals surface area contributed by atoms with Crippen molar-refractivity contribution in [1.29, 1.82) is 0 Å². The van der Waals surface area contributed by atoms with Crippen LogP contribution in [0.3, 0.4) is 0 Å². The first-order valence-corrected chi connectivity index (χ1v) is 21.7. The molecule has 0 saturated carbocycles. The van der Waals surface area contributed by atoms with Gasteiger partial charge in [-0.05, 0) is 147 Å². The molecule has 0 heterocycles. The SMILES string of the molecule is COC(=O)c1cc(CCN)ccc1F.COC(=O)c1ccc(CCN)c(F)c1.COC(=O)c1ccc(CCN)c(F)c1F.COC(=O)c1ccc(CCN)cc1F.COC(=O)c1cccc(C(C)CN)c1. The van der Waals surface area contributed by atoms with Crippen molar-refractivity contribution < 1.29 is 69.6 Å². The summed E-state index contributed by atoms with van der Waals surface area (Å²) in [6, 6.07) is 22.8. The maximum Gasteiger partial charge on any atom is 0.340 e. The molecule has 0 aliphatic rings. The van der Waals surface area contributed by atoms with E-state index < -0.39 is 58.5 Å². The number of carbonyl (C=O) groups excluding carboxylic acids is 5. The van der Waals surface area contributed by atoms with Crippen LogP contribution in [-0.4, -0.2) is 98.1 Å². The van der Waals surface area contributed by atoms with Crippen molar-refractivity contribution in [2.75, 3.05) is 68.3 Å². The summed E-state index contributed by atoms with van der Waals surface area (Å²) in [4.78, 5) is 55.4. The van der Waals surface area contributed by atoms with E-state index in [1.165, 1.54) is 70.9 Å². The van der Waals surface area contributed by atoms with E-state index in [1.54, 1.807) is 24.3 Å². The first-order chi connectivity index (χ1) is 33.9. The van der Waals surface area contributed by atoms with E-state index in [9.17, 15) is 45.9 Å². The van der Waals surface area contributed by atoms with E-state index in [-0.39, 0.29) is 47.1 Å². The molecular weight excluding hydrogens is 938 g/mol. The minimum atomic E-state index is -1.19. The van der Waals surface area contributed by atoms with Crippen molar-refractivity contribution in [2.45, 2.75) is 38.5 Å². The molecule has 0 aliphatic heterocycles. The number of nitrogens with two attached hydrogens (primary N) is 5. The lowest BCUT2D eigenvalue weighted by Gasteiger charge is -2.09. The van der Waals surface area contributed by atoms with Crippen LogP contribution in [0.2, 0.25) is 0 Å². The second-order valence-corrected chi connectivity index (χ2v) is 14.7. The molecule has 5 aromatic carbocycles. The van der Waals surface area contributed by atoms with Crippen molar-refractivity contribution in [3.8, 4) is 0 Å². The summed E-state index contributed by atoms with van der Waals surface area (Å²) in [5.41, 5.74) is 30.4. The number of halogens is 5. The number of benzene rings is 5. The van der Waals surface area contributed by atoms with Crippen LogP contribution in [0.4, 0.5) is 22.0 Å². The van der Waals surface area contributed by atoms with Crippen LogP contribution in [0.5, 0.6) is 0 Å². The van der Waals surface area contributed by atoms with E-state index in [0.717, 1.165) is 29.9 Å². The van der Waals surface area contributed by atoms with Crippen LogP contribution in [0.25, 0.3) is 0 Å². The molecule has 10 N–H and O–H groups in total. The Labute approximate surface area is 409 Å². The van der Waals surface area contributed by atoms with Gasteiger partial charge in [0.15, 0.2) is 11.6 Å². The predicted molar refractivity (Wildman–Crippen MR) is 257 cm³/mol. The molecule has 71 heavy (non-hydrogen) atoms. The van der Waals surface area contributed by atoms with Crippen molar-refractivity contribution >= 4 is 29.8 Å². The first kappa shape index (κ1) is 61.9. The summed E-state index contributed by atoms with van der Waals surface area (Å²) in [7, 11) is 6.18. The summed E-state index contributed by atoms with van der Waals surface area (Å²) in [6.07, 6.45) is 1.90. The van der Waals surface area contributed by atoms with Crippen LogP contribution in [-0.2, 0) is 49.4 Å². The summed E-state index contributed by atoms with van der Waals surface area (Å²) in [6.45, 7) is 4.12. The minimum absolute atomic E-state index is 0.0431. The molecule has 0 bridgehead atoms. The van der Waals surface area contributed by atoms with Crippen LogP contribution in [0, 0.1) is 29.1 Å². The van der Waals surface area contributed by atoms with Crippen LogP contribution in [0.1, 0.15) is 92.4 Å². The van der Waals surface area contributed by atoms with Gasteiger partial charge in [-0.3, -0.25) is 0 Å². The molecule has 0 amide bonds. The number of carbonyl (C=O) groups is 5. The fourth-order valence-electron chi connectivity index (χ4n) is 5.90. The van der Waals surface area contributed by atoms with E-state index >= 15 is 0 Å². The van der Waals surface area contributed by atoms with Gasteiger partial charge in [-0.25, -0.2) is 45.9 Å². The lowest BCUT2D eigenvalue weighted by Crippen LogP contribution is -2.10. The molecule has 0 aliphatic carbocycles. The van der Waals surface area contributed by atoms with Crippen molar-refractivity contribution in [3.05, 3.63) is 176 Å². The Balaban J connectivity index is 0.000000444. The van der Waals surface area contributed by atoms with E-state index in [4.69, 9.17) is 28.7 Å². The van der Waals surface area contributed by atoms with Crippen LogP contribution in [0.15, 0.2) is 91.0 Å². The molecule has 20 heteroatoms. The summed E-state index contributed by atoms with van der Waals surface area (Å²) in [5, 5.41) is 0. The van der Waals surface area contributed by atoms with E-state index in [0.29, 0.717) is 56.6 Å². The van der Waals surface area contributed by atoms with Gasteiger partial charge in [0, 0.05) is 0 Å². The fraction of sp³-hybridized carbons (Fsp3) is 0.314. The average Bonchev–Trinajstić information content (AvgIpc) is 3.38. The highest BCUT2D eigenvalue weighted by Gasteiger charge is 2.19. The number of hydrogen-bond acceptors (Lipinski definition) is 15. The number of rotatable bonds is 15. The lowest BCUT2D eigenvalue weighted by atomic mass is 9.99. The molecule has 5 rings (SSSR count). The largest absolute Gasteiger partial charge is 0.465 e. The topological polar surface area (TPSA) is 262 Å². The van der Waals surface area contributed by atoms with Gasteiger partial charge in [-0.1, -0.05) is 43.3 Å². The van der Waals surface area contributed by atoms with Gasteiger partial charge in [-0.2, -0.15) is 0 Å². The van der Waals surface area contributed by atoms with Gasteiger partial charge in [0.1, 0.15) is 17.5 Å². The maximum absolute atomic E-state index is 13.3. The van der Waals surface area contributed by atoms with E-state index in [1.807, 2.05) is 25.1 Å². The Morgan fingerprint density at radius 2 is 0.901 bits per heavy atom. The number of methoxy groups -OCH3 is 5. The third-order valence-corrected chi connectivity index (χ3v) is 9.84. The average molecular weight is 1000 g/mol. The monoisotopic (exact) mass is 999 g/mol. The Hall–Kier alpha value is -7.10. The summed E-state index contributed by atoms with van der Waals surface area (Å²) < 4.78 is 88.5. The van der Waals surface area contributed by atoms with E-state index in [2.05, 4.69) is 23.7 Å².